The quantitative estimate of drug-likeness (QED) is 0.564. The zero-order chi connectivity index (χ0) is 9.38. The molecule has 2 N–H and O–H groups in total. The van der Waals surface area contributed by atoms with Gasteiger partial charge in [-0.1, -0.05) is 0 Å². The zero-order valence-corrected chi connectivity index (χ0v) is 6.97. The third-order valence-electron chi connectivity index (χ3n) is 1.91. The molecule has 3 heterocycles. The molecule has 0 aliphatic heterocycles. The van der Waals surface area contributed by atoms with Crippen molar-refractivity contribution in [3.8, 4) is 11.5 Å². The molecule has 0 atom stereocenters. The van der Waals surface area contributed by atoms with Crippen molar-refractivity contribution in [3.05, 3.63) is 18.3 Å². The molecule has 0 aromatic carbocycles. The Hall–Kier alpha value is -2.31. The van der Waals surface area contributed by atoms with Crippen molar-refractivity contribution < 1.29 is 0 Å². The first-order chi connectivity index (χ1) is 6.95. The van der Waals surface area contributed by atoms with Gasteiger partial charge in [0.05, 0.1) is 0 Å². The van der Waals surface area contributed by atoms with E-state index in [9.17, 15) is 0 Å². The lowest BCUT2D eigenvalue weighted by Gasteiger charge is -1.88. The van der Waals surface area contributed by atoms with Crippen LogP contribution in [0.5, 0.6) is 0 Å². The van der Waals surface area contributed by atoms with E-state index >= 15 is 0 Å². The summed E-state index contributed by atoms with van der Waals surface area (Å²) in [6.45, 7) is 0. The van der Waals surface area contributed by atoms with Crippen LogP contribution in [0.3, 0.4) is 0 Å². The molecule has 7 nitrogen and oxygen atoms in total. The van der Waals surface area contributed by atoms with E-state index in [1.807, 2.05) is 12.1 Å². The molecule has 0 aliphatic carbocycles. The van der Waals surface area contributed by atoms with Crippen molar-refractivity contribution in [2.45, 2.75) is 0 Å². The topological polar surface area (TPSA) is 96.0 Å². The summed E-state index contributed by atoms with van der Waals surface area (Å²) in [6.07, 6.45) is 1.69. The molecule has 14 heavy (non-hydrogen) atoms. The highest BCUT2D eigenvalue weighted by atomic mass is 15.5. The molecule has 7 heteroatoms. The summed E-state index contributed by atoms with van der Waals surface area (Å²) in [5.74, 6) is 0.556. The van der Waals surface area contributed by atoms with E-state index in [4.69, 9.17) is 0 Å². The minimum Gasteiger partial charge on any atom is -0.272 e. The monoisotopic (exact) mass is 187 g/mol. The molecule has 3 rings (SSSR count). The number of pyridine rings is 1. The van der Waals surface area contributed by atoms with E-state index in [1.54, 1.807) is 6.20 Å². The Labute approximate surface area is 77.6 Å². The van der Waals surface area contributed by atoms with Crippen LogP contribution in [-0.2, 0) is 0 Å². The Bertz CT molecular complexity index is 552. The predicted molar refractivity (Wildman–Crippen MR) is 47.1 cm³/mol. The van der Waals surface area contributed by atoms with Crippen molar-refractivity contribution in [2.24, 2.45) is 0 Å². The SMILES string of the molecule is c1cnc2n[nH]c(-c3nnn[nH]3)c2c1. The Morgan fingerprint density at radius 2 is 2.21 bits per heavy atom. The number of H-pyrrole nitrogens is 2. The first-order valence-corrected chi connectivity index (χ1v) is 3.98. The first kappa shape index (κ1) is 7.13. The maximum atomic E-state index is 4.09. The standard InChI is InChI=1S/C7H5N7/c1-2-4-5(7-11-13-14-12-7)9-10-6(4)8-3-1/h1-3H,(H,8,9,10)(H,11,12,13,14). The van der Waals surface area contributed by atoms with Crippen molar-refractivity contribution in [2.75, 3.05) is 0 Å². The smallest absolute Gasteiger partial charge is 0.198 e. The van der Waals surface area contributed by atoms with Crippen LogP contribution in [0.1, 0.15) is 0 Å². The van der Waals surface area contributed by atoms with Gasteiger partial charge in [-0.05, 0) is 22.6 Å². The van der Waals surface area contributed by atoms with E-state index in [2.05, 4.69) is 35.8 Å². The van der Waals surface area contributed by atoms with Crippen molar-refractivity contribution in [3.63, 3.8) is 0 Å². The van der Waals surface area contributed by atoms with Gasteiger partial charge in [0, 0.05) is 11.6 Å². The number of aromatic amines is 2. The van der Waals surface area contributed by atoms with Gasteiger partial charge in [-0.3, -0.25) is 5.10 Å². The van der Waals surface area contributed by atoms with Gasteiger partial charge in [0.1, 0.15) is 5.69 Å². The van der Waals surface area contributed by atoms with Crippen LogP contribution in [-0.4, -0.2) is 35.8 Å². The maximum absolute atomic E-state index is 4.09. The summed E-state index contributed by atoms with van der Waals surface area (Å²) in [7, 11) is 0. The molecule has 0 saturated heterocycles. The lowest BCUT2D eigenvalue weighted by molar-refractivity contribution is 0.881. The maximum Gasteiger partial charge on any atom is 0.198 e. The van der Waals surface area contributed by atoms with E-state index in [1.165, 1.54) is 0 Å². The second kappa shape index (κ2) is 2.59. The highest BCUT2D eigenvalue weighted by Gasteiger charge is 2.10. The fraction of sp³-hybridized carbons (Fsp3) is 0. The van der Waals surface area contributed by atoms with Gasteiger partial charge in [-0.15, -0.1) is 5.10 Å². The molecule has 0 unspecified atom stereocenters. The van der Waals surface area contributed by atoms with Crippen LogP contribution >= 0.6 is 0 Å². The molecule has 3 aromatic rings. The van der Waals surface area contributed by atoms with Gasteiger partial charge < -0.3 is 0 Å². The van der Waals surface area contributed by atoms with Crippen LogP contribution < -0.4 is 0 Å². The summed E-state index contributed by atoms with van der Waals surface area (Å²) < 4.78 is 0. The number of nitrogens with zero attached hydrogens (tertiary/aromatic N) is 5. The van der Waals surface area contributed by atoms with Crippen LogP contribution in [0.4, 0.5) is 0 Å². The number of nitrogens with one attached hydrogen (secondary N) is 2. The molecular weight excluding hydrogens is 182 g/mol. The Morgan fingerprint density at radius 3 is 3.07 bits per heavy atom. The normalized spacial score (nSPS) is 10.9. The van der Waals surface area contributed by atoms with Gasteiger partial charge in [-0.2, -0.15) is 5.10 Å². The molecule has 0 bridgehead atoms. The summed E-state index contributed by atoms with van der Waals surface area (Å²) >= 11 is 0. The molecule has 0 amide bonds. The number of hydrogen-bond acceptors (Lipinski definition) is 5. The van der Waals surface area contributed by atoms with Crippen molar-refractivity contribution in [1.29, 1.82) is 0 Å². The molecule has 0 radical (unpaired) electrons. The minimum absolute atomic E-state index is 0.556. The fourth-order valence-electron chi connectivity index (χ4n) is 1.30. The van der Waals surface area contributed by atoms with Crippen molar-refractivity contribution >= 4 is 11.0 Å². The zero-order valence-electron chi connectivity index (χ0n) is 6.97. The molecule has 0 fully saturated rings. The third kappa shape index (κ3) is 0.889. The molecule has 68 valence electrons. The Kier molecular flexibility index (Phi) is 1.32. The van der Waals surface area contributed by atoms with Gasteiger partial charge in [0.2, 0.25) is 0 Å². The lowest BCUT2D eigenvalue weighted by Crippen LogP contribution is -1.81. The summed E-state index contributed by atoms with van der Waals surface area (Å²) in [5.41, 5.74) is 1.40. The summed E-state index contributed by atoms with van der Waals surface area (Å²) in [4.78, 5) is 4.09. The molecule has 0 saturated carbocycles. The number of tetrazole rings is 1. The summed E-state index contributed by atoms with van der Waals surface area (Å²) in [6, 6.07) is 3.74. The second-order valence-electron chi connectivity index (χ2n) is 2.72. The lowest BCUT2D eigenvalue weighted by atomic mass is 10.2. The molecular formula is C7H5N7. The van der Waals surface area contributed by atoms with Gasteiger partial charge in [0.25, 0.3) is 0 Å². The highest BCUT2D eigenvalue weighted by Crippen LogP contribution is 2.20. The molecule has 0 aliphatic rings. The first-order valence-electron chi connectivity index (χ1n) is 3.98. The Balaban J connectivity index is 2.33. The van der Waals surface area contributed by atoms with Crippen LogP contribution in [0.25, 0.3) is 22.6 Å². The average molecular weight is 187 g/mol. The summed E-state index contributed by atoms with van der Waals surface area (Å²) in [5, 5.41) is 21.2. The average Bonchev–Trinajstić information content (AvgIpc) is 2.85. The predicted octanol–water partition coefficient (Wildman–Crippen LogP) is 0.138. The van der Waals surface area contributed by atoms with Gasteiger partial charge >= 0.3 is 0 Å². The van der Waals surface area contributed by atoms with E-state index < -0.39 is 0 Å². The number of aromatic nitrogens is 7. The van der Waals surface area contributed by atoms with Gasteiger partial charge in [-0.25, -0.2) is 10.1 Å². The van der Waals surface area contributed by atoms with E-state index in [-0.39, 0.29) is 0 Å². The number of hydrogen-bond donors (Lipinski definition) is 2. The van der Waals surface area contributed by atoms with Crippen molar-refractivity contribution in [1.82, 2.24) is 35.8 Å². The van der Waals surface area contributed by atoms with E-state index in [0.717, 1.165) is 11.1 Å². The highest BCUT2D eigenvalue weighted by molar-refractivity contribution is 5.88. The third-order valence-corrected chi connectivity index (χ3v) is 1.91. The largest absolute Gasteiger partial charge is 0.272 e. The minimum atomic E-state index is 0.556. The van der Waals surface area contributed by atoms with E-state index in [0.29, 0.717) is 11.5 Å². The van der Waals surface area contributed by atoms with Crippen LogP contribution in [0.15, 0.2) is 18.3 Å². The Morgan fingerprint density at radius 1 is 1.21 bits per heavy atom. The van der Waals surface area contributed by atoms with Gasteiger partial charge in [0.15, 0.2) is 11.5 Å². The molecule has 3 aromatic heterocycles. The van der Waals surface area contributed by atoms with Crippen LogP contribution in [0.2, 0.25) is 0 Å². The number of fused-ring (bicyclic) bond motifs is 1. The fourth-order valence-corrected chi connectivity index (χ4v) is 1.30. The number of rotatable bonds is 1. The molecule has 0 spiro atoms. The van der Waals surface area contributed by atoms with Crippen LogP contribution in [0, 0.1) is 0 Å². The second-order valence-corrected chi connectivity index (χ2v) is 2.72.